The highest BCUT2D eigenvalue weighted by Gasteiger charge is 2.55. The lowest BCUT2D eigenvalue weighted by atomic mass is 9.86. The molecule has 0 amide bonds. The molecule has 1 spiro atoms. The van der Waals surface area contributed by atoms with Gasteiger partial charge in [0.1, 0.15) is 0 Å². The fourth-order valence-electron chi connectivity index (χ4n) is 2.37. The van der Waals surface area contributed by atoms with Crippen LogP contribution in [0.4, 0.5) is 0 Å². The Bertz CT molecular complexity index is 161. The lowest BCUT2D eigenvalue weighted by Crippen LogP contribution is -2.26. The monoisotopic (exact) mass is 169 g/mol. The maximum atomic E-state index is 5.81. The first-order valence-electron chi connectivity index (χ1n) is 5.05. The molecule has 12 heavy (non-hydrogen) atoms. The number of hydrogen-bond acceptors (Lipinski definition) is 2. The minimum Gasteiger partial charge on any atom is -0.365 e. The van der Waals surface area contributed by atoms with Crippen LogP contribution in [0.3, 0.4) is 0 Å². The summed E-state index contributed by atoms with van der Waals surface area (Å²) >= 11 is 0. The Morgan fingerprint density at radius 1 is 1.25 bits per heavy atom. The fraction of sp³-hybridized carbons (Fsp3) is 1.00. The van der Waals surface area contributed by atoms with Crippen molar-refractivity contribution >= 4 is 0 Å². The van der Waals surface area contributed by atoms with E-state index in [0.717, 1.165) is 6.54 Å². The van der Waals surface area contributed by atoms with E-state index in [1.54, 1.807) is 0 Å². The lowest BCUT2D eigenvalue weighted by molar-refractivity contribution is 0.230. The Labute approximate surface area is 74.9 Å². The molecule has 2 nitrogen and oxygen atoms in total. The molecule has 1 saturated carbocycles. The Kier molecular flexibility index (Phi) is 2.13. The molecule has 0 aromatic heterocycles. The Morgan fingerprint density at radius 3 is 2.50 bits per heavy atom. The van der Waals surface area contributed by atoms with Crippen molar-refractivity contribution in [3.63, 3.8) is 0 Å². The molecule has 1 atom stereocenters. The summed E-state index contributed by atoms with van der Waals surface area (Å²) in [4.78, 5) is 2.23. The van der Waals surface area contributed by atoms with Gasteiger partial charge in [-0.25, -0.2) is 0 Å². The Morgan fingerprint density at radius 2 is 1.92 bits per heavy atom. The van der Waals surface area contributed by atoms with Crippen molar-refractivity contribution in [3.05, 3.63) is 0 Å². The molecule has 0 aromatic rings. The second-order valence-corrected chi connectivity index (χ2v) is 4.49. The van der Waals surface area contributed by atoms with Crippen molar-refractivity contribution in [2.75, 3.05) is 20.6 Å². The number of ether oxygens (including phenoxy) is 1. The van der Waals surface area contributed by atoms with Crippen molar-refractivity contribution in [3.8, 4) is 0 Å². The third-order valence-corrected chi connectivity index (χ3v) is 3.14. The Balaban J connectivity index is 1.83. The van der Waals surface area contributed by atoms with Gasteiger partial charge in [-0.15, -0.1) is 0 Å². The average Bonchev–Trinajstić information content (AvgIpc) is 2.63. The van der Waals surface area contributed by atoms with Gasteiger partial charge in [-0.2, -0.15) is 0 Å². The summed E-state index contributed by atoms with van der Waals surface area (Å²) in [5.74, 6) is 0. The van der Waals surface area contributed by atoms with Gasteiger partial charge in [0.05, 0.1) is 11.7 Å². The second kappa shape index (κ2) is 3.00. The van der Waals surface area contributed by atoms with Crippen LogP contribution in [0.2, 0.25) is 0 Å². The summed E-state index contributed by atoms with van der Waals surface area (Å²) in [5, 5.41) is 0. The summed E-state index contributed by atoms with van der Waals surface area (Å²) in [7, 11) is 4.25. The van der Waals surface area contributed by atoms with E-state index in [-0.39, 0.29) is 0 Å². The van der Waals surface area contributed by atoms with Crippen LogP contribution in [-0.2, 0) is 4.74 Å². The van der Waals surface area contributed by atoms with Crippen LogP contribution in [0.1, 0.15) is 32.1 Å². The van der Waals surface area contributed by atoms with Crippen LogP contribution in [0, 0.1) is 0 Å². The highest BCUT2D eigenvalue weighted by Crippen LogP contribution is 2.48. The number of epoxide rings is 1. The molecule has 2 fully saturated rings. The smallest absolute Gasteiger partial charge is 0.0999 e. The maximum Gasteiger partial charge on any atom is 0.0999 e. The predicted octanol–water partition coefficient (Wildman–Crippen LogP) is 1.65. The number of hydrogen-bond donors (Lipinski definition) is 0. The molecule has 0 aromatic carbocycles. The molecule has 2 aliphatic rings. The zero-order valence-corrected chi connectivity index (χ0v) is 8.18. The van der Waals surface area contributed by atoms with Gasteiger partial charge in [-0.05, 0) is 26.9 Å². The SMILES string of the molecule is CN(C)C[C@@H]1OC12CCCCC2. The van der Waals surface area contributed by atoms with E-state index in [1.807, 2.05) is 0 Å². The van der Waals surface area contributed by atoms with Crippen molar-refractivity contribution in [2.45, 2.75) is 43.8 Å². The summed E-state index contributed by atoms with van der Waals surface area (Å²) in [6.45, 7) is 1.11. The molecular weight excluding hydrogens is 150 g/mol. The van der Waals surface area contributed by atoms with E-state index in [2.05, 4.69) is 19.0 Å². The van der Waals surface area contributed by atoms with Crippen molar-refractivity contribution < 1.29 is 4.74 Å². The molecule has 0 N–H and O–H groups in total. The highest BCUT2D eigenvalue weighted by atomic mass is 16.6. The molecule has 0 radical (unpaired) electrons. The van der Waals surface area contributed by atoms with Gasteiger partial charge in [-0.1, -0.05) is 19.3 Å². The molecule has 1 heterocycles. The van der Waals surface area contributed by atoms with E-state index in [9.17, 15) is 0 Å². The van der Waals surface area contributed by atoms with Crippen LogP contribution in [0.5, 0.6) is 0 Å². The molecule has 70 valence electrons. The van der Waals surface area contributed by atoms with E-state index in [0.29, 0.717) is 11.7 Å². The molecular formula is C10H19NO. The molecule has 0 bridgehead atoms. The van der Waals surface area contributed by atoms with Crippen molar-refractivity contribution in [1.82, 2.24) is 4.90 Å². The number of likely N-dealkylation sites (N-methyl/N-ethyl adjacent to an activating group) is 1. The average molecular weight is 169 g/mol. The molecule has 1 aliphatic heterocycles. The van der Waals surface area contributed by atoms with Crippen LogP contribution in [0.15, 0.2) is 0 Å². The van der Waals surface area contributed by atoms with Crippen LogP contribution >= 0.6 is 0 Å². The van der Waals surface area contributed by atoms with Crippen LogP contribution in [-0.4, -0.2) is 37.2 Å². The molecule has 1 aliphatic carbocycles. The lowest BCUT2D eigenvalue weighted by Gasteiger charge is -2.19. The minimum atomic E-state index is 0.336. The molecule has 0 unspecified atom stereocenters. The maximum absolute atomic E-state index is 5.81. The van der Waals surface area contributed by atoms with Gasteiger partial charge in [0, 0.05) is 6.54 Å². The Hall–Kier alpha value is -0.0800. The topological polar surface area (TPSA) is 15.8 Å². The zero-order valence-electron chi connectivity index (χ0n) is 8.18. The highest BCUT2D eigenvalue weighted by molar-refractivity contribution is 5.04. The van der Waals surface area contributed by atoms with E-state index >= 15 is 0 Å². The summed E-state index contributed by atoms with van der Waals surface area (Å²) in [6, 6.07) is 0. The first-order chi connectivity index (χ1) is 5.73. The third-order valence-electron chi connectivity index (χ3n) is 3.14. The van der Waals surface area contributed by atoms with Gasteiger partial charge in [0.2, 0.25) is 0 Å². The number of rotatable bonds is 2. The second-order valence-electron chi connectivity index (χ2n) is 4.49. The zero-order chi connectivity index (χ0) is 8.60. The van der Waals surface area contributed by atoms with Crippen molar-refractivity contribution in [2.24, 2.45) is 0 Å². The summed E-state index contributed by atoms with van der Waals surface area (Å²) in [6.07, 6.45) is 7.35. The predicted molar refractivity (Wildman–Crippen MR) is 49.2 cm³/mol. The first-order valence-corrected chi connectivity index (χ1v) is 5.05. The van der Waals surface area contributed by atoms with Gasteiger partial charge in [-0.3, -0.25) is 0 Å². The summed E-state index contributed by atoms with van der Waals surface area (Å²) < 4.78 is 5.81. The van der Waals surface area contributed by atoms with E-state index in [4.69, 9.17) is 4.74 Å². The van der Waals surface area contributed by atoms with Gasteiger partial charge < -0.3 is 9.64 Å². The minimum absolute atomic E-state index is 0.336. The van der Waals surface area contributed by atoms with Gasteiger partial charge in [0.15, 0.2) is 0 Å². The third kappa shape index (κ3) is 1.50. The molecule has 2 heteroatoms. The normalized spacial score (nSPS) is 32.8. The van der Waals surface area contributed by atoms with Crippen LogP contribution < -0.4 is 0 Å². The number of nitrogens with zero attached hydrogens (tertiary/aromatic N) is 1. The van der Waals surface area contributed by atoms with E-state index in [1.165, 1.54) is 32.1 Å². The van der Waals surface area contributed by atoms with Gasteiger partial charge >= 0.3 is 0 Å². The fourth-order valence-corrected chi connectivity index (χ4v) is 2.37. The first kappa shape index (κ1) is 8.52. The largest absolute Gasteiger partial charge is 0.365 e. The molecule has 1 saturated heterocycles. The van der Waals surface area contributed by atoms with Gasteiger partial charge in [0.25, 0.3) is 0 Å². The standard InChI is InChI=1S/C10H19NO/c1-11(2)8-9-10(12-9)6-4-3-5-7-10/h9H,3-8H2,1-2H3/t9-/m0/s1. The quantitative estimate of drug-likeness (QED) is 0.584. The molecule has 2 rings (SSSR count). The van der Waals surface area contributed by atoms with Crippen LogP contribution in [0.25, 0.3) is 0 Å². The summed E-state index contributed by atoms with van der Waals surface area (Å²) in [5.41, 5.74) is 0.336. The van der Waals surface area contributed by atoms with Crippen molar-refractivity contribution in [1.29, 1.82) is 0 Å². The van der Waals surface area contributed by atoms with E-state index < -0.39 is 0 Å².